The number of piperidine rings is 1. The van der Waals surface area contributed by atoms with Crippen LogP contribution in [0.15, 0.2) is 48.5 Å². The summed E-state index contributed by atoms with van der Waals surface area (Å²) in [6.45, 7) is 5.52. The van der Waals surface area contributed by atoms with E-state index in [-0.39, 0.29) is 5.91 Å². The zero-order valence-electron chi connectivity index (χ0n) is 15.7. The smallest absolute Gasteiger partial charge is 0.253 e. The second-order valence-corrected chi connectivity index (χ2v) is 7.87. The van der Waals surface area contributed by atoms with Gasteiger partial charge in [0.05, 0.1) is 0 Å². The van der Waals surface area contributed by atoms with Crippen LogP contribution >= 0.6 is 23.2 Å². The van der Waals surface area contributed by atoms with E-state index in [1.807, 2.05) is 53.4 Å². The first kappa shape index (κ1) is 20.2. The maximum atomic E-state index is 12.7. The third-order valence-corrected chi connectivity index (χ3v) is 5.93. The normalized spacial score (nSPS) is 15.3. The fourth-order valence-electron chi connectivity index (χ4n) is 3.76. The lowest BCUT2D eigenvalue weighted by molar-refractivity contribution is 0.0607. The Morgan fingerprint density at radius 1 is 1.04 bits per heavy atom. The number of amides is 1. The van der Waals surface area contributed by atoms with Gasteiger partial charge in [-0.05, 0) is 50.1 Å². The molecule has 27 heavy (non-hydrogen) atoms. The molecule has 2 aromatic rings. The van der Waals surface area contributed by atoms with Crippen LogP contribution < -0.4 is 0 Å². The van der Waals surface area contributed by atoms with E-state index in [0.717, 1.165) is 66.6 Å². The highest BCUT2D eigenvalue weighted by Crippen LogP contribution is 2.28. The van der Waals surface area contributed by atoms with Crippen LogP contribution in [-0.4, -0.2) is 41.4 Å². The highest BCUT2D eigenvalue weighted by molar-refractivity contribution is 6.35. The average molecular weight is 405 g/mol. The predicted octanol–water partition coefficient (Wildman–Crippen LogP) is 5.51. The van der Waals surface area contributed by atoms with E-state index < -0.39 is 0 Å². The molecule has 0 aromatic heterocycles. The molecule has 144 valence electrons. The fraction of sp³-hybridized carbons (Fsp3) is 0.409. The maximum absolute atomic E-state index is 12.7. The average Bonchev–Trinajstić information content (AvgIpc) is 2.70. The topological polar surface area (TPSA) is 23.6 Å². The summed E-state index contributed by atoms with van der Waals surface area (Å²) in [5.41, 5.74) is 1.77. The van der Waals surface area contributed by atoms with E-state index in [4.69, 9.17) is 23.2 Å². The Kier molecular flexibility index (Phi) is 7.17. The van der Waals surface area contributed by atoms with Gasteiger partial charge in [0.15, 0.2) is 0 Å². The van der Waals surface area contributed by atoms with Crippen molar-refractivity contribution in [2.45, 2.75) is 38.8 Å². The number of hydrogen-bond donors (Lipinski definition) is 0. The lowest BCUT2D eigenvalue weighted by Crippen LogP contribution is -2.46. The number of benzene rings is 2. The summed E-state index contributed by atoms with van der Waals surface area (Å²) in [7, 11) is 0. The predicted molar refractivity (Wildman–Crippen MR) is 113 cm³/mol. The molecule has 3 nitrogen and oxygen atoms in total. The van der Waals surface area contributed by atoms with Crippen LogP contribution in [0.2, 0.25) is 10.0 Å². The number of likely N-dealkylation sites (tertiary alicyclic amines) is 1. The quantitative estimate of drug-likeness (QED) is 0.633. The van der Waals surface area contributed by atoms with Crippen molar-refractivity contribution in [1.29, 1.82) is 0 Å². The van der Waals surface area contributed by atoms with E-state index >= 15 is 0 Å². The molecule has 0 atom stereocenters. The molecule has 0 bridgehead atoms. The number of halogens is 2. The molecule has 0 spiro atoms. The van der Waals surface area contributed by atoms with E-state index in [2.05, 4.69) is 11.8 Å². The summed E-state index contributed by atoms with van der Waals surface area (Å²) in [6, 6.07) is 15.7. The van der Waals surface area contributed by atoms with Crippen LogP contribution in [0.25, 0.3) is 0 Å². The van der Waals surface area contributed by atoms with Crippen molar-refractivity contribution in [3.05, 3.63) is 69.7 Å². The van der Waals surface area contributed by atoms with Crippen molar-refractivity contribution < 1.29 is 4.79 Å². The van der Waals surface area contributed by atoms with Gasteiger partial charge < -0.3 is 4.90 Å². The number of carbonyl (C=O) groups is 1. The highest BCUT2D eigenvalue weighted by atomic mass is 35.5. The summed E-state index contributed by atoms with van der Waals surface area (Å²) >= 11 is 12.8. The van der Waals surface area contributed by atoms with Crippen molar-refractivity contribution >= 4 is 29.1 Å². The second kappa shape index (κ2) is 9.59. The van der Waals surface area contributed by atoms with Gasteiger partial charge in [-0.2, -0.15) is 0 Å². The Morgan fingerprint density at radius 2 is 1.67 bits per heavy atom. The minimum Gasteiger partial charge on any atom is -0.339 e. The molecule has 0 unspecified atom stereocenters. The molecule has 1 saturated heterocycles. The largest absolute Gasteiger partial charge is 0.339 e. The first-order valence-electron chi connectivity index (χ1n) is 9.61. The first-order valence-corrected chi connectivity index (χ1v) is 10.4. The molecule has 0 N–H and O–H groups in total. The standard InChI is InChI=1S/C22H26Cl2N2O/c1-2-13-26(16-19-20(23)9-6-10-21(19)24)18-11-14-25(15-12-18)22(27)17-7-4-3-5-8-17/h3-10,18H,2,11-16H2,1H3. The van der Waals surface area contributed by atoms with Gasteiger partial charge in [0.25, 0.3) is 5.91 Å². The maximum Gasteiger partial charge on any atom is 0.253 e. The minimum absolute atomic E-state index is 0.130. The minimum atomic E-state index is 0.130. The third kappa shape index (κ3) is 5.04. The van der Waals surface area contributed by atoms with Crippen molar-refractivity contribution in [3.63, 3.8) is 0 Å². The number of rotatable bonds is 6. The Balaban J connectivity index is 1.64. The van der Waals surface area contributed by atoms with Gasteiger partial charge >= 0.3 is 0 Å². The van der Waals surface area contributed by atoms with Crippen molar-refractivity contribution in [1.82, 2.24) is 9.80 Å². The molecule has 3 rings (SSSR count). The Morgan fingerprint density at radius 3 is 2.26 bits per heavy atom. The molecule has 1 aliphatic rings. The summed E-state index contributed by atoms with van der Waals surface area (Å²) in [5.74, 6) is 0.130. The lowest BCUT2D eigenvalue weighted by atomic mass is 10.0. The highest BCUT2D eigenvalue weighted by Gasteiger charge is 2.27. The SMILES string of the molecule is CCCN(Cc1c(Cl)cccc1Cl)C1CCN(C(=O)c2ccccc2)CC1. The van der Waals surface area contributed by atoms with E-state index in [1.165, 1.54) is 0 Å². The second-order valence-electron chi connectivity index (χ2n) is 7.06. The summed E-state index contributed by atoms with van der Waals surface area (Å²) in [4.78, 5) is 17.1. The molecular formula is C22H26Cl2N2O. The summed E-state index contributed by atoms with van der Waals surface area (Å²) in [6.07, 6.45) is 3.02. The fourth-order valence-corrected chi connectivity index (χ4v) is 4.28. The molecular weight excluding hydrogens is 379 g/mol. The van der Waals surface area contributed by atoms with Crippen LogP contribution in [0.3, 0.4) is 0 Å². The van der Waals surface area contributed by atoms with Crippen LogP contribution in [-0.2, 0) is 6.54 Å². The van der Waals surface area contributed by atoms with E-state index in [1.54, 1.807) is 0 Å². The molecule has 0 aliphatic carbocycles. The van der Waals surface area contributed by atoms with Crippen LogP contribution in [0.4, 0.5) is 0 Å². The van der Waals surface area contributed by atoms with Gasteiger partial charge in [0.1, 0.15) is 0 Å². The van der Waals surface area contributed by atoms with Crippen LogP contribution in [0.5, 0.6) is 0 Å². The van der Waals surface area contributed by atoms with Crippen molar-refractivity contribution in [2.24, 2.45) is 0 Å². The van der Waals surface area contributed by atoms with Gasteiger partial charge in [-0.15, -0.1) is 0 Å². The van der Waals surface area contributed by atoms with E-state index in [9.17, 15) is 4.79 Å². The monoisotopic (exact) mass is 404 g/mol. The number of carbonyl (C=O) groups excluding carboxylic acids is 1. The number of nitrogens with zero attached hydrogens (tertiary/aromatic N) is 2. The Hall–Kier alpha value is -1.55. The lowest BCUT2D eigenvalue weighted by Gasteiger charge is -2.39. The zero-order chi connectivity index (χ0) is 19.2. The Bertz CT molecular complexity index is 738. The summed E-state index contributed by atoms with van der Waals surface area (Å²) in [5, 5.41) is 1.44. The molecule has 1 amide bonds. The molecule has 1 heterocycles. The number of hydrogen-bond acceptors (Lipinski definition) is 2. The van der Waals surface area contributed by atoms with Crippen molar-refractivity contribution in [2.75, 3.05) is 19.6 Å². The van der Waals surface area contributed by atoms with Gasteiger partial charge in [0.2, 0.25) is 0 Å². The van der Waals surface area contributed by atoms with Crippen LogP contribution in [0, 0.1) is 0 Å². The molecule has 1 fully saturated rings. The molecule has 5 heteroatoms. The van der Waals surface area contributed by atoms with Gasteiger partial charge in [-0.1, -0.05) is 54.4 Å². The first-order chi connectivity index (χ1) is 13.1. The molecule has 0 saturated carbocycles. The van der Waals surface area contributed by atoms with Gasteiger partial charge in [-0.25, -0.2) is 0 Å². The Labute approximate surface area is 171 Å². The summed E-state index contributed by atoms with van der Waals surface area (Å²) < 4.78 is 0. The molecule has 1 aliphatic heterocycles. The molecule has 0 radical (unpaired) electrons. The molecule has 2 aromatic carbocycles. The van der Waals surface area contributed by atoms with Crippen LogP contribution in [0.1, 0.15) is 42.1 Å². The van der Waals surface area contributed by atoms with Crippen molar-refractivity contribution in [3.8, 4) is 0 Å². The third-order valence-electron chi connectivity index (χ3n) is 5.22. The van der Waals surface area contributed by atoms with E-state index in [0.29, 0.717) is 6.04 Å². The zero-order valence-corrected chi connectivity index (χ0v) is 17.2. The van der Waals surface area contributed by atoms with Gasteiger partial charge in [0, 0.05) is 46.8 Å². The van der Waals surface area contributed by atoms with Gasteiger partial charge in [-0.3, -0.25) is 9.69 Å².